The maximum absolute atomic E-state index is 11.4. The Morgan fingerprint density at radius 2 is 1.53 bits per heavy atom. The van der Waals surface area contributed by atoms with Crippen LogP contribution < -0.4 is 0 Å². The molecule has 0 aliphatic carbocycles. The van der Waals surface area contributed by atoms with Crippen LogP contribution in [-0.2, 0) is 10.1 Å². The zero-order chi connectivity index (χ0) is 24.5. The molecule has 0 aromatic heterocycles. The third-order valence-electron chi connectivity index (χ3n) is 4.90. The Kier molecular flexibility index (Phi) is 6.29. The molecule has 4 aromatic carbocycles. The monoisotopic (exact) mass is 496 g/mol. The van der Waals surface area contributed by atoms with Crippen molar-refractivity contribution in [1.82, 2.24) is 0 Å². The number of rotatable bonds is 5. The average molecular weight is 497 g/mol. The van der Waals surface area contributed by atoms with Crippen LogP contribution in [0.25, 0.3) is 10.8 Å². The molecule has 0 amide bonds. The van der Waals surface area contributed by atoms with Crippen molar-refractivity contribution in [1.29, 1.82) is 0 Å². The van der Waals surface area contributed by atoms with Gasteiger partial charge in [0.1, 0.15) is 27.8 Å². The van der Waals surface area contributed by atoms with Gasteiger partial charge in [-0.1, -0.05) is 41.9 Å². The minimum absolute atomic E-state index is 0.0636. The first-order valence-electron chi connectivity index (χ1n) is 9.78. The van der Waals surface area contributed by atoms with Gasteiger partial charge in [-0.3, -0.25) is 4.55 Å². The van der Waals surface area contributed by atoms with E-state index in [0.717, 1.165) is 11.5 Å². The van der Waals surface area contributed by atoms with Crippen molar-refractivity contribution < 1.29 is 23.2 Å². The smallest absolute Gasteiger partial charge is 0.296 e. The number of nitrogens with zero attached hydrogens (tertiary/aromatic N) is 4. The number of hydrogen-bond donors (Lipinski definition) is 3. The number of halogens is 1. The largest absolute Gasteiger partial charge is 0.506 e. The van der Waals surface area contributed by atoms with E-state index in [1.54, 1.807) is 19.1 Å². The van der Waals surface area contributed by atoms with Gasteiger partial charge in [0.15, 0.2) is 0 Å². The molecular weight excluding hydrogens is 480 g/mol. The first-order valence-corrected chi connectivity index (χ1v) is 11.6. The summed E-state index contributed by atoms with van der Waals surface area (Å²) in [7, 11) is -4.53. The van der Waals surface area contributed by atoms with Crippen LogP contribution in [0.4, 0.5) is 22.7 Å². The topological polar surface area (TPSA) is 144 Å². The zero-order valence-electron chi connectivity index (χ0n) is 17.6. The fourth-order valence-electron chi connectivity index (χ4n) is 3.17. The van der Waals surface area contributed by atoms with E-state index in [0.29, 0.717) is 16.6 Å². The molecule has 0 heterocycles. The summed E-state index contributed by atoms with van der Waals surface area (Å²) in [5, 5.41) is 38.3. The second-order valence-corrected chi connectivity index (χ2v) is 9.07. The van der Waals surface area contributed by atoms with Gasteiger partial charge in [0.2, 0.25) is 0 Å². The van der Waals surface area contributed by atoms with Gasteiger partial charge in [-0.15, -0.1) is 10.2 Å². The maximum Gasteiger partial charge on any atom is 0.296 e. The molecule has 0 atom stereocenters. The van der Waals surface area contributed by atoms with E-state index >= 15 is 0 Å². The number of hydrogen-bond acceptors (Lipinski definition) is 8. The summed E-state index contributed by atoms with van der Waals surface area (Å²) in [6.07, 6.45) is 0. The van der Waals surface area contributed by atoms with Gasteiger partial charge in [-0.05, 0) is 54.3 Å². The van der Waals surface area contributed by atoms with Gasteiger partial charge < -0.3 is 10.2 Å². The molecule has 0 spiro atoms. The van der Waals surface area contributed by atoms with Crippen molar-refractivity contribution in [3.8, 4) is 11.5 Å². The van der Waals surface area contributed by atoms with E-state index in [-0.39, 0.29) is 33.6 Å². The highest BCUT2D eigenvalue weighted by Gasteiger charge is 2.15. The number of aryl methyl sites for hydroxylation is 1. The normalized spacial score (nSPS) is 12.2. The quantitative estimate of drug-likeness (QED) is 0.196. The average Bonchev–Trinajstić information content (AvgIpc) is 2.79. The summed E-state index contributed by atoms with van der Waals surface area (Å²) in [5.41, 5.74) is 1.37. The molecule has 11 heteroatoms. The number of phenolic OH excluding ortho intramolecular Hbond substituents is 2. The molecule has 3 N–H and O–H groups in total. The molecule has 4 aromatic rings. The second-order valence-electron chi connectivity index (χ2n) is 7.27. The van der Waals surface area contributed by atoms with Gasteiger partial charge in [-0.2, -0.15) is 18.6 Å². The molecule has 9 nitrogen and oxygen atoms in total. The molecule has 0 radical (unpaired) electrons. The molecule has 0 fully saturated rings. The summed E-state index contributed by atoms with van der Waals surface area (Å²) >= 11 is 5.81. The van der Waals surface area contributed by atoms with Gasteiger partial charge in [-0.25, -0.2) is 0 Å². The van der Waals surface area contributed by atoms with E-state index < -0.39 is 15.0 Å². The van der Waals surface area contributed by atoms with Gasteiger partial charge >= 0.3 is 0 Å². The Balaban J connectivity index is 1.70. The Bertz CT molecular complexity index is 1590. The van der Waals surface area contributed by atoms with Crippen molar-refractivity contribution in [3.63, 3.8) is 0 Å². The van der Waals surface area contributed by atoms with Crippen LogP contribution in [0.5, 0.6) is 11.5 Å². The van der Waals surface area contributed by atoms with Crippen LogP contribution in [0.1, 0.15) is 5.56 Å². The van der Waals surface area contributed by atoms with Gasteiger partial charge in [0.25, 0.3) is 10.1 Å². The third-order valence-corrected chi connectivity index (χ3v) is 6.23. The van der Waals surface area contributed by atoms with E-state index in [2.05, 4.69) is 20.5 Å². The lowest BCUT2D eigenvalue weighted by Gasteiger charge is -2.06. The first kappa shape index (κ1) is 23.3. The Morgan fingerprint density at radius 1 is 0.794 bits per heavy atom. The predicted molar refractivity (Wildman–Crippen MR) is 128 cm³/mol. The highest BCUT2D eigenvalue weighted by atomic mass is 35.5. The molecular formula is C23H17ClN4O5S. The van der Waals surface area contributed by atoms with Crippen molar-refractivity contribution in [2.45, 2.75) is 11.8 Å². The SMILES string of the molecule is Cc1cc(O)c(N=Nc2c(O)ccc3ccccc23)cc1N=Nc1ccc(Cl)c(S(=O)(=O)O)c1. The summed E-state index contributed by atoms with van der Waals surface area (Å²) in [4.78, 5) is -0.488. The molecule has 0 saturated heterocycles. The fraction of sp³-hybridized carbons (Fsp3) is 0.0435. The molecule has 0 bridgehead atoms. The zero-order valence-corrected chi connectivity index (χ0v) is 19.2. The number of benzene rings is 4. The molecule has 172 valence electrons. The van der Waals surface area contributed by atoms with E-state index in [1.165, 1.54) is 30.3 Å². The van der Waals surface area contributed by atoms with E-state index in [4.69, 9.17) is 11.6 Å². The summed E-state index contributed by atoms with van der Waals surface area (Å²) in [6, 6.07) is 17.3. The molecule has 0 aliphatic rings. The van der Waals surface area contributed by atoms with Gasteiger partial charge in [0.05, 0.1) is 16.4 Å². The summed E-state index contributed by atoms with van der Waals surface area (Å²) in [6.45, 7) is 1.69. The van der Waals surface area contributed by atoms with Crippen LogP contribution in [0.3, 0.4) is 0 Å². The van der Waals surface area contributed by atoms with Crippen LogP contribution in [0.15, 0.2) is 92.1 Å². The number of fused-ring (bicyclic) bond motifs is 1. The lowest BCUT2D eigenvalue weighted by molar-refractivity contribution is 0.474. The molecule has 0 aliphatic heterocycles. The van der Waals surface area contributed by atoms with Crippen molar-refractivity contribution in [2.24, 2.45) is 20.5 Å². The van der Waals surface area contributed by atoms with E-state index in [9.17, 15) is 23.2 Å². The first-order chi connectivity index (χ1) is 16.1. The van der Waals surface area contributed by atoms with Crippen molar-refractivity contribution in [3.05, 3.63) is 77.3 Å². The summed E-state index contributed by atoms with van der Waals surface area (Å²) < 4.78 is 32.2. The lowest BCUT2D eigenvalue weighted by atomic mass is 10.1. The van der Waals surface area contributed by atoms with E-state index in [1.807, 2.05) is 18.2 Å². The van der Waals surface area contributed by atoms with Crippen LogP contribution >= 0.6 is 11.6 Å². The van der Waals surface area contributed by atoms with Crippen molar-refractivity contribution >= 4 is 55.2 Å². The minimum Gasteiger partial charge on any atom is -0.506 e. The molecule has 0 unspecified atom stereocenters. The predicted octanol–water partition coefficient (Wildman–Crippen LogP) is 7.29. The Labute approximate surface area is 199 Å². The maximum atomic E-state index is 11.4. The van der Waals surface area contributed by atoms with Crippen LogP contribution in [0, 0.1) is 6.92 Å². The standard InChI is InChI=1S/C23H17ClN4O5S/c1-13-10-21(30)19(27-28-23-16-5-3-2-4-14(16)6-9-20(23)29)12-18(13)26-25-15-7-8-17(24)22(11-15)34(31,32)33/h2-12,29-30H,1H3,(H,31,32,33). The number of aromatic hydroxyl groups is 2. The molecule has 4 rings (SSSR count). The van der Waals surface area contributed by atoms with Crippen LogP contribution in [-0.4, -0.2) is 23.2 Å². The number of phenols is 2. The third kappa shape index (κ3) is 4.88. The Hall–Kier alpha value is -3.86. The van der Waals surface area contributed by atoms with Gasteiger partial charge in [0, 0.05) is 5.39 Å². The Morgan fingerprint density at radius 3 is 2.29 bits per heavy atom. The summed E-state index contributed by atoms with van der Waals surface area (Å²) in [5.74, 6) is -0.216. The lowest BCUT2D eigenvalue weighted by Crippen LogP contribution is -1.98. The van der Waals surface area contributed by atoms with Crippen molar-refractivity contribution in [2.75, 3.05) is 0 Å². The fourth-order valence-corrected chi connectivity index (χ4v) is 4.17. The molecule has 0 saturated carbocycles. The van der Waals surface area contributed by atoms with Crippen LogP contribution in [0.2, 0.25) is 5.02 Å². The minimum atomic E-state index is -4.53. The highest BCUT2D eigenvalue weighted by Crippen LogP contribution is 2.39. The highest BCUT2D eigenvalue weighted by molar-refractivity contribution is 7.86. The molecule has 34 heavy (non-hydrogen) atoms. The second kappa shape index (κ2) is 9.18. The number of azo groups is 2.